The van der Waals surface area contributed by atoms with Gasteiger partial charge in [-0.25, -0.2) is 9.18 Å². The summed E-state index contributed by atoms with van der Waals surface area (Å²) in [6.45, 7) is 1.96. The molecule has 0 amide bonds. The molecular formula is C12H9BrFNO3. The molecule has 94 valence electrons. The number of carbonyl (C=O) groups excluding carboxylic acids is 1. The predicted octanol–water partition coefficient (Wildman–Crippen LogP) is 3.42. The van der Waals surface area contributed by atoms with Gasteiger partial charge in [0.1, 0.15) is 10.3 Å². The summed E-state index contributed by atoms with van der Waals surface area (Å²) in [7, 11) is 0. The molecule has 0 aliphatic rings. The predicted molar refractivity (Wildman–Crippen MR) is 65.6 cm³/mol. The molecule has 1 aromatic heterocycles. The summed E-state index contributed by atoms with van der Waals surface area (Å²) in [5.74, 6) is -0.556. The van der Waals surface area contributed by atoms with Crippen molar-refractivity contribution in [3.63, 3.8) is 0 Å². The zero-order chi connectivity index (χ0) is 13.1. The molecule has 0 fully saturated rings. The van der Waals surface area contributed by atoms with Gasteiger partial charge in [0.25, 0.3) is 0 Å². The molecule has 0 unspecified atom stereocenters. The fraction of sp³-hybridized carbons (Fsp3) is 0.167. The second-order valence-electron chi connectivity index (χ2n) is 3.40. The summed E-state index contributed by atoms with van der Waals surface area (Å²) in [4.78, 5) is 11.5. The van der Waals surface area contributed by atoms with Crippen molar-refractivity contribution < 1.29 is 18.4 Å². The molecule has 4 nitrogen and oxygen atoms in total. The van der Waals surface area contributed by atoms with E-state index < -0.39 is 5.97 Å². The molecule has 1 heterocycles. The number of nitrogens with zero attached hydrogens (tertiary/aromatic N) is 1. The lowest BCUT2D eigenvalue weighted by atomic mass is 10.1. The van der Waals surface area contributed by atoms with Crippen molar-refractivity contribution in [1.29, 1.82) is 0 Å². The molecule has 1 aromatic carbocycles. The number of esters is 1. The van der Waals surface area contributed by atoms with Gasteiger partial charge in [-0.3, -0.25) is 0 Å². The van der Waals surface area contributed by atoms with Gasteiger partial charge in [-0.2, -0.15) is 0 Å². The van der Waals surface area contributed by atoms with Gasteiger partial charge >= 0.3 is 5.97 Å². The number of hydrogen-bond acceptors (Lipinski definition) is 4. The molecule has 0 aliphatic carbocycles. The van der Waals surface area contributed by atoms with E-state index in [1.165, 1.54) is 24.3 Å². The average Bonchev–Trinajstić information content (AvgIpc) is 2.73. The number of aromatic nitrogens is 1. The molecule has 0 spiro atoms. The second-order valence-corrected chi connectivity index (χ2v) is 4.19. The van der Waals surface area contributed by atoms with Crippen LogP contribution in [0.1, 0.15) is 17.4 Å². The maximum Gasteiger partial charge on any atom is 0.361 e. The van der Waals surface area contributed by atoms with Crippen LogP contribution in [0.15, 0.2) is 33.3 Å². The van der Waals surface area contributed by atoms with E-state index >= 15 is 0 Å². The van der Waals surface area contributed by atoms with Gasteiger partial charge in [-0.1, -0.05) is 5.16 Å². The number of carbonyl (C=O) groups is 1. The standard InChI is InChI=1S/C12H9BrFNO3/c1-2-17-12(16)10-9(13)11(18-15-10)7-3-5-8(14)6-4-7/h3-6H,2H2,1H3. The average molecular weight is 314 g/mol. The summed E-state index contributed by atoms with van der Waals surface area (Å²) in [5.41, 5.74) is 0.683. The molecule has 18 heavy (non-hydrogen) atoms. The number of ether oxygens (including phenoxy) is 1. The quantitative estimate of drug-likeness (QED) is 0.815. The van der Waals surface area contributed by atoms with Crippen molar-refractivity contribution in [2.75, 3.05) is 6.61 Å². The summed E-state index contributed by atoms with van der Waals surface area (Å²) in [5, 5.41) is 3.64. The Labute approximate surface area is 111 Å². The van der Waals surface area contributed by atoms with Crippen molar-refractivity contribution in [3.8, 4) is 11.3 Å². The second kappa shape index (κ2) is 5.30. The Bertz CT molecular complexity index is 565. The van der Waals surface area contributed by atoms with Crippen LogP contribution in [0.25, 0.3) is 11.3 Å². The molecule has 0 N–H and O–H groups in total. The van der Waals surface area contributed by atoms with Crippen molar-refractivity contribution >= 4 is 21.9 Å². The molecule has 0 bridgehead atoms. The van der Waals surface area contributed by atoms with Gasteiger partial charge < -0.3 is 9.26 Å². The topological polar surface area (TPSA) is 52.3 Å². The highest BCUT2D eigenvalue weighted by Gasteiger charge is 2.21. The Balaban J connectivity index is 2.36. The van der Waals surface area contributed by atoms with Crippen molar-refractivity contribution in [1.82, 2.24) is 5.16 Å². The minimum atomic E-state index is -0.568. The Hall–Kier alpha value is -1.69. The highest BCUT2D eigenvalue weighted by atomic mass is 79.9. The first-order chi connectivity index (χ1) is 8.63. The molecule has 0 radical (unpaired) electrons. The van der Waals surface area contributed by atoms with Crippen LogP contribution in [0, 0.1) is 5.82 Å². The Morgan fingerprint density at radius 1 is 1.44 bits per heavy atom. The lowest BCUT2D eigenvalue weighted by molar-refractivity contribution is 0.0513. The van der Waals surface area contributed by atoms with Gasteiger partial charge in [0, 0.05) is 5.56 Å². The molecule has 0 saturated heterocycles. The number of rotatable bonds is 3. The Morgan fingerprint density at radius 3 is 2.72 bits per heavy atom. The zero-order valence-electron chi connectivity index (χ0n) is 9.44. The first-order valence-electron chi connectivity index (χ1n) is 5.21. The van der Waals surface area contributed by atoms with Gasteiger partial charge in [-0.05, 0) is 47.1 Å². The first kappa shape index (κ1) is 12.8. The summed E-state index contributed by atoms with van der Waals surface area (Å²) >= 11 is 3.23. The highest BCUT2D eigenvalue weighted by Crippen LogP contribution is 2.31. The van der Waals surface area contributed by atoms with Gasteiger partial charge in [-0.15, -0.1) is 0 Å². The number of benzene rings is 1. The van der Waals surface area contributed by atoms with Crippen LogP contribution in [-0.2, 0) is 4.74 Å². The van der Waals surface area contributed by atoms with Crippen LogP contribution < -0.4 is 0 Å². The monoisotopic (exact) mass is 313 g/mol. The molecule has 0 aliphatic heterocycles. The third-order valence-corrected chi connectivity index (χ3v) is 2.95. The lowest BCUT2D eigenvalue weighted by Crippen LogP contribution is -2.05. The summed E-state index contributed by atoms with van der Waals surface area (Å²) in [6.07, 6.45) is 0. The maximum absolute atomic E-state index is 12.8. The Kier molecular flexibility index (Phi) is 3.76. The highest BCUT2D eigenvalue weighted by molar-refractivity contribution is 9.10. The smallest absolute Gasteiger partial charge is 0.361 e. The minimum Gasteiger partial charge on any atom is -0.461 e. The van der Waals surface area contributed by atoms with Crippen LogP contribution in [-0.4, -0.2) is 17.7 Å². The largest absolute Gasteiger partial charge is 0.461 e. The van der Waals surface area contributed by atoms with Gasteiger partial charge in [0.05, 0.1) is 6.61 Å². The van der Waals surface area contributed by atoms with Gasteiger partial charge in [0.15, 0.2) is 5.76 Å². The van der Waals surface area contributed by atoms with E-state index in [1.54, 1.807) is 6.92 Å². The molecule has 6 heteroatoms. The summed E-state index contributed by atoms with van der Waals surface area (Å²) < 4.78 is 23.1. The van der Waals surface area contributed by atoms with Gasteiger partial charge in [0.2, 0.25) is 5.69 Å². The molecule has 2 aromatic rings. The minimum absolute atomic E-state index is 0.0659. The maximum atomic E-state index is 12.8. The SMILES string of the molecule is CCOC(=O)c1noc(-c2ccc(F)cc2)c1Br. The van der Waals surface area contributed by atoms with E-state index in [4.69, 9.17) is 9.26 Å². The lowest BCUT2D eigenvalue weighted by Gasteiger charge is -1.98. The number of hydrogen-bond donors (Lipinski definition) is 0. The Morgan fingerprint density at radius 2 is 2.11 bits per heavy atom. The molecule has 0 saturated carbocycles. The number of halogens is 2. The fourth-order valence-electron chi connectivity index (χ4n) is 1.39. The van der Waals surface area contributed by atoms with E-state index in [2.05, 4.69) is 21.1 Å². The van der Waals surface area contributed by atoms with Crippen LogP contribution in [0.5, 0.6) is 0 Å². The van der Waals surface area contributed by atoms with E-state index in [1.807, 2.05) is 0 Å². The zero-order valence-corrected chi connectivity index (χ0v) is 11.0. The van der Waals surface area contributed by atoms with E-state index in [0.29, 0.717) is 15.8 Å². The third-order valence-electron chi connectivity index (χ3n) is 2.21. The first-order valence-corrected chi connectivity index (χ1v) is 6.01. The third kappa shape index (κ3) is 2.43. The van der Waals surface area contributed by atoms with Crippen LogP contribution in [0.3, 0.4) is 0 Å². The van der Waals surface area contributed by atoms with Crippen LogP contribution in [0.2, 0.25) is 0 Å². The van der Waals surface area contributed by atoms with Crippen LogP contribution in [0.4, 0.5) is 4.39 Å². The molecular weight excluding hydrogens is 305 g/mol. The normalized spacial score (nSPS) is 10.4. The molecule has 2 rings (SSSR count). The fourth-order valence-corrected chi connectivity index (χ4v) is 1.92. The van der Waals surface area contributed by atoms with E-state index in [0.717, 1.165) is 0 Å². The van der Waals surface area contributed by atoms with Crippen LogP contribution >= 0.6 is 15.9 Å². The summed E-state index contributed by atoms with van der Waals surface area (Å²) in [6, 6.07) is 5.67. The van der Waals surface area contributed by atoms with Crippen molar-refractivity contribution in [2.24, 2.45) is 0 Å². The van der Waals surface area contributed by atoms with E-state index in [-0.39, 0.29) is 18.1 Å². The van der Waals surface area contributed by atoms with Crippen molar-refractivity contribution in [3.05, 3.63) is 40.2 Å². The molecule has 0 atom stereocenters. The van der Waals surface area contributed by atoms with Crippen molar-refractivity contribution in [2.45, 2.75) is 6.92 Å². The van der Waals surface area contributed by atoms with E-state index in [9.17, 15) is 9.18 Å².